The van der Waals surface area contributed by atoms with E-state index in [1.54, 1.807) is 12.2 Å². The third-order valence-electron chi connectivity index (χ3n) is 6.44. The molecule has 0 fully saturated rings. The Morgan fingerprint density at radius 3 is 1.56 bits per heavy atom. The van der Waals surface area contributed by atoms with Crippen LogP contribution < -0.4 is 5.32 Å². The van der Waals surface area contributed by atoms with Crippen LogP contribution in [0.25, 0.3) is 44.7 Å². The number of aliphatic imine (C=N–C) groups is 1. The van der Waals surface area contributed by atoms with Gasteiger partial charge in [0.25, 0.3) is 0 Å². The molecule has 1 atom stereocenters. The summed E-state index contributed by atoms with van der Waals surface area (Å²) in [4.78, 5) is 40.0. The molecular weight excluding hydrogens is 567 g/mol. The van der Waals surface area contributed by atoms with Crippen molar-refractivity contribution in [3.8, 4) is 24.3 Å². The van der Waals surface area contributed by atoms with Crippen molar-refractivity contribution in [2.45, 2.75) is 12.5 Å². The fourth-order valence-corrected chi connectivity index (χ4v) is 5.00. The molecule has 41 heavy (non-hydrogen) atoms. The van der Waals surface area contributed by atoms with Crippen LogP contribution in [0.5, 0.6) is 0 Å². The molecule has 2 aliphatic rings. The molecule has 0 saturated carbocycles. The first-order valence-corrected chi connectivity index (χ1v) is 12.2. The van der Waals surface area contributed by atoms with Crippen LogP contribution in [0.2, 0.25) is 0 Å². The smallest absolute Gasteiger partial charge is 0.199 e. The van der Waals surface area contributed by atoms with Crippen molar-refractivity contribution in [3.63, 3.8) is 0 Å². The quantitative estimate of drug-likeness (QED) is 0.207. The van der Waals surface area contributed by atoms with Gasteiger partial charge in [-0.1, -0.05) is 23.2 Å². The van der Waals surface area contributed by atoms with Crippen LogP contribution in [-0.4, -0.2) is 51.1 Å². The lowest BCUT2D eigenvalue weighted by atomic mass is 9.88. The lowest BCUT2D eigenvalue weighted by molar-refractivity contribution is 0.836. The molecule has 1 unspecified atom stereocenters. The highest BCUT2D eigenvalue weighted by atomic mass is 35.5. The van der Waals surface area contributed by atoms with Crippen LogP contribution in [0.4, 0.5) is 11.4 Å². The van der Waals surface area contributed by atoms with Crippen LogP contribution in [0.3, 0.4) is 0 Å². The second-order valence-corrected chi connectivity index (χ2v) is 9.77. The molecule has 7 rings (SSSR count). The molecular formula is C25H6Cl2N14. The average Bonchev–Trinajstić information content (AvgIpc) is 2.98. The van der Waals surface area contributed by atoms with Crippen molar-refractivity contribution < 1.29 is 0 Å². The lowest BCUT2D eigenvalue weighted by Crippen LogP contribution is -2.44. The minimum atomic E-state index is -0.909. The lowest BCUT2D eigenvalue weighted by Gasteiger charge is -2.36. The van der Waals surface area contributed by atoms with E-state index in [0.717, 1.165) is 0 Å². The fraction of sp³-hybridized carbons (Fsp3) is 0.0800. The predicted octanol–water partition coefficient (Wildman–Crippen LogP) is 3.46. The van der Waals surface area contributed by atoms with Gasteiger partial charge in [0.2, 0.25) is 0 Å². The van der Waals surface area contributed by atoms with E-state index in [1.807, 2.05) is 31.2 Å². The monoisotopic (exact) mass is 572 g/mol. The first kappa shape index (κ1) is 24.1. The summed E-state index contributed by atoms with van der Waals surface area (Å²) in [6.07, 6.45) is 3.33. The largest absolute Gasteiger partial charge is 0.367 e. The van der Waals surface area contributed by atoms with Crippen molar-refractivity contribution in [1.82, 2.24) is 39.9 Å². The number of anilines is 1. The average molecular weight is 573 g/mol. The molecule has 0 spiro atoms. The zero-order chi connectivity index (χ0) is 28.6. The summed E-state index contributed by atoms with van der Waals surface area (Å²) < 4.78 is 0. The maximum atomic E-state index is 9.45. The van der Waals surface area contributed by atoms with Crippen molar-refractivity contribution in [2.75, 3.05) is 5.32 Å². The van der Waals surface area contributed by atoms with Crippen molar-refractivity contribution in [3.05, 3.63) is 45.0 Å². The number of rotatable bonds is 0. The molecule has 0 radical (unpaired) electrons. The Labute approximate surface area is 237 Å². The highest BCUT2D eigenvalue weighted by Gasteiger charge is 2.38. The summed E-state index contributed by atoms with van der Waals surface area (Å²) in [5.74, 6) is 0. The number of allylic oxidation sites excluding steroid dienone is 2. The molecule has 5 heterocycles. The minimum absolute atomic E-state index is 0.00210. The maximum absolute atomic E-state index is 9.45. The second-order valence-electron chi connectivity index (χ2n) is 8.96. The molecule has 14 nitrogen and oxygen atoms in total. The predicted molar refractivity (Wildman–Crippen MR) is 145 cm³/mol. The maximum Gasteiger partial charge on any atom is 0.199 e. The molecule has 1 aliphatic heterocycles. The van der Waals surface area contributed by atoms with E-state index >= 15 is 0 Å². The number of nitrogens with zero attached hydrogens (tertiary/aromatic N) is 13. The summed E-state index contributed by atoms with van der Waals surface area (Å²) in [5, 5.41) is 41.8. The Hall–Kier alpha value is -5.93. The van der Waals surface area contributed by atoms with Gasteiger partial charge in [0.15, 0.2) is 45.4 Å². The second kappa shape index (κ2) is 8.28. The topological polar surface area (TPSA) is 223 Å². The van der Waals surface area contributed by atoms with Gasteiger partial charge in [0.1, 0.15) is 52.0 Å². The van der Waals surface area contributed by atoms with E-state index in [9.17, 15) is 21.0 Å². The van der Waals surface area contributed by atoms with E-state index in [0.29, 0.717) is 27.2 Å². The van der Waals surface area contributed by atoms with Crippen molar-refractivity contribution in [2.24, 2.45) is 4.99 Å². The van der Waals surface area contributed by atoms with Gasteiger partial charge in [-0.25, -0.2) is 44.9 Å². The zero-order valence-corrected chi connectivity index (χ0v) is 21.7. The van der Waals surface area contributed by atoms with E-state index in [4.69, 9.17) is 28.2 Å². The van der Waals surface area contributed by atoms with Crippen LogP contribution in [-0.2, 0) is 0 Å². The summed E-state index contributed by atoms with van der Waals surface area (Å²) >= 11 is 12.7. The first-order valence-electron chi connectivity index (χ1n) is 11.5. The van der Waals surface area contributed by atoms with Crippen LogP contribution in [0, 0.1) is 45.3 Å². The van der Waals surface area contributed by atoms with E-state index in [2.05, 4.69) is 45.2 Å². The number of nitriles is 4. The Kier molecular flexibility index (Phi) is 4.88. The van der Waals surface area contributed by atoms with Gasteiger partial charge >= 0.3 is 0 Å². The third kappa shape index (κ3) is 3.36. The van der Waals surface area contributed by atoms with E-state index < -0.39 is 5.54 Å². The molecule has 1 aliphatic carbocycles. The van der Waals surface area contributed by atoms with Crippen LogP contribution >= 0.6 is 23.2 Å². The number of halogens is 2. The highest BCUT2D eigenvalue weighted by molar-refractivity contribution is 6.46. The summed E-state index contributed by atoms with van der Waals surface area (Å²) in [6, 6.07) is 7.34. The molecule has 1 aromatic carbocycles. The number of fused-ring (bicyclic) bond motifs is 9. The van der Waals surface area contributed by atoms with Crippen molar-refractivity contribution in [1.29, 1.82) is 21.0 Å². The zero-order valence-electron chi connectivity index (χ0n) is 20.2. The van der Waals surface area contributed by atoms with E-state index in [1.165, 1.54) is 0 Å². The number of benzene rings is 1. The first-order chi connectivity index (χ1) is 19.8. The van der Waals surface area contributed by atoms with E-state index in [-0.39, 0.29) is 67.4 Å². The molecule has 190 valence electrons. The van der Waals surface area contributed by atoms with Crippen LogP contribution in [0.15, 0.2) is 27.2 Å². The Morgan fingerprint density at radius 1 is 0.634 bits per heavy atom. The third-order valence-corrected chi connectivity index (χ3v) is 7.16. The fourth-order valence-electron chi connectivity index (χ4n) is 4.57. The number of hydrogen-bond donors (Lipinski definition) is 1. The normalized spacial score (nSPS) is 17.3. The highest BCUT2D eigenvalue weighted by Crippen LogP contribution is 2.46. The number of hydrogen-bond acceptors (Lipinski definition) is 14. The van der Waals surface area contributed by atoms with Gasteiger partial charge in [0, 0.05) is 0 Å². The van der Waals surface area contributed by atoms with Gasteiger partial charge in [-0.05, 0) is 19.1 Å². The number of nitrogens with one attached hydrogen (secondary N) is 1. The molecule has 1 N–H and O–H groups in total. The standard InChI is InChI=1S/C25H6Cl2N14/c1-25-3-9(27)8(26)2-14(25)36-18-16-15(37-21-22(38-16)33-11(5-29)10(4-28)32-21)17-19(20(18)41-25)40-24-23(39-17)34-12(6-30)13(7-31)35-24/h2-3,41H,1H3. The molecule has 0 bridgehead atoms. The van der Waals surface area contributed by atoms with Gasteiger partial charge in [-0.15, -0.1) is 0 Å². The Balaban J connectivity index is 1.68. The molecule has 0 saturated heterocycles. The molecule has 4 aromatic heterocycles. The Morgan fingerprint density at radius 2 is 1.07 bits per heavy atom. The summed E-state index contributed by atoms with van der Waals surface area (Å²) in [7, 11) is 0. The SMILES string of the molecule is CC12C=C(Cl)C(Cl)=CC1=Nc1c(c3nc4nc(C#N)c(C#N)nc4nc3c3nc4nc(C#N)c(C#N)nc4nc13)N2. The summed E-state index contributed by atoms with van der Waals surface area (Å²) in [5.41, 5.74) is 0.305. The van der Waals surface area contributed by atoms with Gasteiger partial charge < -0.3 is 5.32 Å². The van der Waals surface area contributed by atoms with Crippen LogP contribution in [0.1, 0.15) is 29.7 Å². The number of aromatic nitrogens is 8. The van der Waals surface area contributed by atoms with Gasteiger partial charge in [0.05, 0.1) is 27.0 Å². The molecule has 5 aromatic rings. The molecule has 0 amide bonds. The van der Waals surface area contributed by atoms with Crippen molar-refractivity contribution >= 4 is 84.9 Å². The summed E-state index contributed by atoms with van der Waals surface area (Å²) in [6.45, 7) is 1.84. The van der Waals surface area contributed by atoms with Gasteiger partial charge in [-0.2, -0.15) is 21.0 Å². The van der Waals surface area contributed by atoms with Gasteiger partial charge in [-0.3, -0.25) is 0 Å². The minimum Gasteiger partial charge on any atom is -0.367 e. The molecule has 16 heteroatoms. The Bertz CT molecular complexity index is 2380.